The summed E-state index contributed by atoms with van der Waals surface area (Å²) >= 11 is 0. The first-order chi connectivity index (χ1) is 9.87. The molecule has 0 bridgehead atoms. The van der Waals surface area contributed by atoms with E-state index in [1.54, 1.807) is 0 Å². The summed E-state index contributed by atoms with van der Waals surface area (Å²) in [4.78, 5) is 14.3. The first kappa shape index (κ1) is 16.5. The third kappa shape index (κ3) is 3.51. The van der Waals surface area contributed by atoms with Crippen LogP contribution >= 0.6 is 0 Å². The standard InChI is InChI=1S/C14H24F3N3O/c1-11(20-7-3-2-4-8-20)9-19-12(21)13(14(15,16)17)5-6-18-10-13/h11,18H,2-10H2,1H3,(H,19,21). The van der Waals surface area contributed by atoms with E-state index >= 15 is 0 Å². The molecule has 2 aliphatic heterocycles. The number of likely N-dealkylation sites (tertiary alicyclic amines) is 1. The van der Waals surface area contributed by atoms with E-state index in [1.807, 2.05) is 6.92 Å². The van der Waals surface area contributed by atoms with E-state index in [4.69, 9.17) is 0 Å². The predicted molar refractivity (Wildman–Crippen MR) is 73.9 cm³/mol. The average molecular weight is 307 g/mol. The van der Waals surface area contributed by atoms with Crippen molar-refractivity contribution in [3.63, 3.8) is 0 Å². The van der Waals surface area contributed by atoms with Gasteiger partial charge in [0.2, 0.25) is 5.91 Å². The zero-order valence-electron chi connectivity index (χ0n) is 12.4. The molecule has 2 heterocycles. The highest BCUT2D eigenvalue weighted by Crippen LogP contribution is 2.43. The van der Waals surface area contributed by atoms with Crippen molar-refractivity contribution in [3.8, 4) is 0 Å². The van der Waals surface area contributed by atoms with Crippen LogP contribution in [0.3, 0.4) is 0 Å². The molecular formula is C14H24F3N3O. The Balaban J connectivity index is 1.90. The molecular weight excluding hydrogens is 283 g/mol. The zero-order chi connectivity index (χ0) is 15.5. The van der Waals surface area contributed by atoms with Crippen molar-refractivity contribution < 1.29 is 18.0 Å². The van der Waals surface area contributed by atoms with E-state index in [9.17, 15) is 18.0 Å². The maximum absolute atomic E-state index is 13.2. The Hall–Kier alpha value is -0.820. The van der Waals surface area contributed by atoms with Gasteiger partial charge in [0.05, 0.1) is 0 Å². The molecule has 2 fully saturated rings. The van der Waals surface area contributed by atoms with Gasteiger partial charge in [0.1, 0.15) is 0 Å². The number of rotatable bonds is 4. The molecule has 0 aromatic rings. The SMILES string of the molecule is CC(CNC(=O)C1(C(F)(F)F)CCNC1)N1CCCCC1. The lowest BCUT2D eigenvalue weighted by atomic mass is 9.85. The molecule has 0 aromatic heterocycles. The molecule has 4 nitrogen and oxygen atoms in total. The van der Waals surface area contributed by atoms with Gasteiger partial charge in [-0.1, -0.05) is 6.42 Å². The van der Waals surface area contributed by atoms with Crippen LogP contribution < -0.4 is 10.6 Å². The summed E-state index contributed by atoms with van der Waals surface area (Å²) in [6.45, 7) is 4.07. The number of hydrogen-bond acceptors (Lipinski definition) is 3. The van der Waals surface area contributed by atoms with E-state index in [1.165, 1.54) is 6.42 Å². The zero-order valence-corrected chi connectivity index (χ0v) is 12.4. The van der Waals surface area contributed by atoms with Crippen LogP contribution in [-0.4, -0.2) is 55.7 Å². The summed E-state index contributed by atoms with van der Waals surface area (Å²) in [6, 6.07) is 0.0777. The predicted octanol–water partition coefficient (Wildman–Crippen LogP) is 1.52. The molecule has 2 unspecified atom stereocenters. The molecule has 1 amide bonds. The Morgan fingerprint density at radius 3 is 2.52 bits per heavy atom. The van der Waals surface area contributed by atoms with Gasteiger partial charge in [-0.3, -0.25) is 9.69 Å². The van der Waals surface area contributed by atoms with Gasteiger partial charge in [-0.25, -0.2) is 0 Å². The van der Waals surface area contributed by atoms with E-state index in [2.05, 4.69) is 15.5 Å². The maximum Gasteiger partial charge on any atom is 0.404 e. The Labute approximate surface area is 123 Å². The first-order valence-electron chi connectivity index (χ1n) is 7.67. The Morgan fingerprint density at radius 1 is 1.33 bits per heavy atom. The van der Waals surface area contributed by atoms with Crippen molar-refractivity contribution in [1.29, 1.82) is 0 Å². The van der Waals surface area contributed by atoms with Crippen LogP contribution in [0.4, 0.5) is 13.2 Å². The van der Waals surface area contributed by atoms with Gasteiger partial charge in [0, 0.05) is 19.1 Å². The molecule has 122 valence electrons. The van der Waals surface area contributed by atoms with Crippen LogP contribution in [0.25, 0.3) is 0 Å². The number of carbonyl (C=O) groups is 1. The highest BCUT2D eigenvalue weighted by molar-refractivity contribution is 5.84. The van der Waals surface area contributed by atoms with Gasteiger partial charge in [-0.05, 0) is 45.8 Å². The molecule has 21 heavy (non-hydrogen) atoms. The smallest absolute Gasteiger partial charge is 0.354 e. The minimum atomic E-state index is -4.51. The normalized spacial score (nSPS) is 29.3. The molecule has 2 N–H and O–H groups in total. The van der Waals surface area contributed by atoms with Crippen LogP contribution in [0.15, 0.2) is 0 Å². The Bertz CT molecular complexity index is 361. The highest BCUT2D eigenvalue weighted by Gasteiger charge is 2.61. The minimum Gasteiger partial charge on any atom is -0.354 e. The van der Waals surface area contributed by atoms with E-state index in [0.29, 0.717) is 0 Å². The van der Waals surface area contributed by atoms with Crippen molar-refractivity contribution >= 4 is 5.91 Å². The third-order valence-corrected chi connectivity index (χ3v) is 4.70. The van der Waals surface area contributed by atoms with Gasteiger partial charge in [0.15, 0.2) is 5.41 Å². The summed E-state index contributed by atoms with van der Waals surface area (Å²) in [5, 5.41) is 5.19. The lowest BCUT2D eigenvalue weighted by Crippen LogP contribution is -2.54. The van der Waals surface area contributed by atoms with Gasteiger partial charge < -0.3 is 10.6 Å². The largest absolute Gasteiger partial charge is 0.404 e. The lowest BCUT2D eigenvalue weighted by molar-refractivity contribution is -0.216. The van der Waals surface area contributed by atoms with Crippen LogP contribution in [0.5, 0.6) is 0 Å². The molecule has 2 atom stereocenters. The van der Waals surface area contributed by atoms with E-state index in [0.717, 1.165) is 25.9 Å². The number of piperidine rings is 1. The number of nitrogens with zero attached hydrogens (tertiary/aromatic N) is 1. The molecule has 2 aliphatic rings. The summed E-state index contributed by atoms with van der Waals surface area (Å²) in [5.41, 5.74) is -2.26. The molecule has 0 radical (unpaired) electrons. The van der Waals surface area contributed by atoms with Gasteiger partial charge in [-0.2, -0.15) is 13.2 Å². The summed E-state index contributed by atoms with van der Waals surface area (Å²) in [7, 11) is 0. The quantitative estimate of drug-likeness (QED) is 0.828. The van der Waals surface area contributed by atoms with Crippen molar-refractivity contribution in [2.45, 2.75) is 44.8 Å². The number of carbonyl (C=O) groups excluding carboxylic acids is 1. The highest BCUT2D eigenvalue weighted by atomic mass is 19.4. The minimum absolute atomic E-state index is 0.0777. The summed E-state index contributed by atoms with van der Waals surface area (Å²) in [6.07, 6.45) is -1.24. The number of hydrogen-bond donors (Lipinski definition) is 2. The second kappa shape index (κ2) is 6.52. The number of amides is 1. The summed E-state index contributed by atoms with van der Waals surface area (Å²) in [5.74, 6) is -0.885. The van der Waals surface area contributed by atoms with Crippen LogP contribution in [-0.2, 0) is 4.79 Å². The van der Waals surface area contributed by atoms with E-state index in [-0.39, 0.29) is 32.1 Å². The fourth-order valence-corrected chi connectivity index (χ4v) is 3.15. The number of nitrogens with one attached hydrogen (secondary N) is 2. The Morgan fingerprint density at radius 2 is 2.00 bits per heavy atom. The molecule has 0 aliphatic carbocycles. The monoisotopic (exact) mass is 307 g/mol. The van der Waals surface area contributed by atoms with Crippen LogP contribution in [0.1, 0.15) is 32.6 Å². The molecule has 0 spiro atoms. The topological polar surface area (TPSA) is 44.4 Å². The van der Waals surface area contributed by atoms with Crippen molar-refractivity contribution in [3.05, 3.63) is 0 Å². The van der Waals surface area contributed by atoms with Crippen molar-refractivity contribution in [1.82, 2.24) is 15.5 Å². The molecule has 7 heteroatoms. The fourth-order valence-electron chi connectivity index (χ4n) is 3.15. The van der Waals surface area contributed by atoms with Gasteiger partial charge in [0.25, 0.3) is 0 Å². The number of halogens is 3. The molecule has 0 aromatic carbocycles. The first-order valence-corrected chi connectivity index (χ1v) is 7.67. The van der Waals surface area contributed by atoms with Crippen LogP contribution in [0.2, 0.25) is 0 Å². The number of alkyl halides is 3. The molecule has 2 rings (SSSR count). The maximum atomic E-state index is 13.2. The lowest BCUT2D eigenvalue weighted by Gasteiger charge is -2.34. The second-order valence-corrected chi connectivity index (χ2v) is 6.16. The second-order valence-electron chi connectivity index (χ2n) is 6.16. The fraction of sp³-hybridized carbons (Fsp3) is 0.929. The van der Waals surface area contributed by atoms with Gasteiger partial charge in [-0.15, -0.1) is 0 Å². The third-order valence-electron chi connectivity index (χ3n) is 4.70. The van der Waals surface area contributed by atoms with E-state index < -0.39 is 17.5 Å². The Kier molecular flexibility index (Phi) is 5.14. The van der Waals surface area contributed by atoms with Crippen molar-refractivity contribution in [2.24, 2.45) is 5.41 Å². The molecule has 2 saturated heterocycles. The van der Waals surface area contributed by atoms with Crippen LogP contribution in [0, 0.1) is 5.41 Å². The molecule has 0 saturated carbocycles. The van der Waals surface area contributed by atoms with Gasteiger partial charge >= 0.3 is 6.18 Å². The average Bonchev–Trinajstić information content (AvgIpc) is 2.96. The summed E-state index contributed by atoms with van der Waals surface area (Å²) < 4.78 is 39.7. The van der Waals surface area contributed by atoms with Crippen molar-refractivity contribution in [2.75, 3.05) is 32.7 Å².